The molecule has 0 radical (unpaired) electrons. The van der Waals surface area contributed by atoms with Crippen LogP contribution in [0.4, 0.5) is 26.3 Å². The molecule has 0 fully saturated rings. The molecule has 0 saturated carbocycles. The lowest BCUT2D eigenvalue weighted by Crippen LogP contribution is -2.55. The number of aliphatic hydroxyl groups is 1. The zero-order valence-electron chi connectivity index (χ0n) is 11.7. The van der Waals surface area contributed by atoms with Crippen LogP contribution in [0.2, 0.25) is 0 Å². The fraction of sp³-hybridized carbons (Fsp3) is 0.846. The molecular formula is C13H20F6O. The molecule has 0 heterocycles. The summed E-state index contributed by atoms with van der Waals surface area (Å²) < 4.78 is 74.4. The molecule has 0 bridgehead atoms. The van der Waals surface area contributed by atoms with Gasteiger partial charge in [0.1, 0.15) is 0 Å². The molecule has 0 saturated heterocycles. The lowest BCUT2D eigenvalue weighted by molar-refractivity contribution is -0.347. The molecule has 0 unspecified atom stereocenters. The molecule has 0 aliphatic carbocycles. The third-order valence-electron chi connectivity index (χ3n) is 3.10. The highest BCUT2D eigenvalue weighted by atomic mass is 19.4. The van der Waals surface area contributed by atoms with Crippen LogP contribution in [0, 0.1) is 5.41 Å². The number of unbranched alkanes of at least 4 members (excludes halogenated alkanes) is 1. The van der Waals surface area contributed by atoms with Crippen molar-refractivity contribution in [3.05, 3.63) is 12.2 Å². The summed E-state index contributed by atoms with van der Waals surface area (Å²) in [6, 6.07) is 0. The summed E-state index contributed by atoms with van der Waals surface area (Å²) >= 11 is 0. The summed E-state index contributed by atoms with van der Waals surface area (Å²) in [5, 5.41) is 8.92. The molecule has 120 valence electrons. The first-order chi connectivity index (χ1) is 8.77. The molecule has 0 aromatic heterocycles. The van der Waals surface area contributed by atoms with Gasteiger partial charge >= 0.3 is 12.4 Å². The SMILES string of the molecule is CCCCC(C)(C)C/C=C\C(O)(C(F)(F)F)C(F)(F)F. The summed E-state index contributed by atoms with van der Waals surface area (Å²) in [6.07, 6.45) is -8.58. The van der Waals surface area contributed by atoms with Crippen molar-refractivity contribution in [2.75, 3.05) is 0 Å². The standard InChI is InChI=1S/C13H20F6O/c1-4-5-7-10(2,3)8-6-9-11(20,12(14,15)16)13(17,18)19/h6,9,20H,4-5,7-8H2,1-3H3/b9-6-. The fourth-order valence-corrected chi connectivity index (χ4v) is 1.66. The zero-order chi connectivity index (χ0) is 16.2. The van der Waals surface area contributed by atoms with Gasteiger partial charge in [-0.1, -0.05) is 39.7 Å². The van der Waals surface area contributed by atoms with Crippen LogP contribution >= 0.6 is 0 Å². The molecule has 0 spiro atoms. The largest absolute Gasteiger partial charge is 0.429 e. The van der Waals surface area contributed by atoms with Crippen molar-refractivity contribution < 1.29 is 31.4 Å². The molecule has 1 nitrogen and oxygen atoms in total. The average Bonchev–Trinajstić information content (AvgIpc) is 2.23. The van der Waals surface area contributed by atoms with Gasteiger partial charge in [-0.05, 0) is 24.3 Å². The number of halogens is 6. The van der Waals surface area contributed by atoms with E-state index in [1.54, 1.807) is 13.8 Å². The van der Waals surface area contributed by atoms with Gasteiger partial charge in [-0.15, -0.1) is 0 Å². The molecule has 20 heavy (non-hydrogen) atoms. The molecule has 0 rings (SSSR count). The molecule has 0 aromatic rings. The van der Waals surface area contributed by atoms with E-state index in [1.807, 2.05) is 6.92 Å². The predicted molar refractivity (Wildman–Crippen MR) is 64.1 cm³/mol. The van der Waals surface area contributed by atoms with Crippen LogP contribution < -0.4 is 0 Å². The first-order valence-corrected chi connectivity index (χ1v) is 6.30. The second-order valence-corrected chi connectivity index (χ2v) is 5.64. The van der Waals surface area contributed by atoms with E-state index in [0.29, 0.717) is 6.42 Å². The van der Waals surface area contributed by atoms with Gasteiger partial charge in [0.05, 0.1) is 0 Å². The van der Waals surface area contributed by atoms with Gasteiger partial charge < -0.3 is 5.11 Å². The normalized spacial score (nSPS) is 15.1. The summed E-state index contributed by atoms with van der Waals surface area (Å²) in [5.74, 6) is 0. The van der Waals surface area contributed by atoms with E-state index in [2.05, 4.69) is 0 Å². The van der Waals surface area contributed by atoms with Crippen LogP contribution in [-0.2, 0) is 0 Å². The maximum Gasteiger partial charge on any atom is 0.429 e. The Kier molecular flexibility index (Phi) is 6.14. The zero-order valence-corrected chi connectivity index (χ0v) is 11.7. The van der Waals surface area contributed by atoms with Crippen LogP contribution in [0.15, 0.2) is 12.2 Å². The summed E-state index contributed by atoms with van der Waals surface area (Å²) in [4.78, 5) is 0. The quantitative estimate of drug-likeness (QED) is 0.540. The Morgan fingerprint density at radius 3 is 1.75 bits per heavy atom. The van der Waals surface area contributed by atoms with E-state index in [9.17, 15) is 26.3 Å². The van der Waals surface area contributed by atoms with E-state index < -0.39 is 23.4 Å². The highest BCUT2D eigenvalue weighted by Gasteiger charge is 2.68. The van der Waals surface area contributed by atoms with Gasteiger partial charge in [0.15, 0.2) is 0 Å². The van der Waals surface area contributed by atoms with Crippen LogP contribution in [0.3, 0.4) is 0 Å². The predicted octanol–water partition coefficient (Wildman–Crippen LogP) is 5.00. The Morgan fingerprint density at radius 1 is 0.950 bits per heavy atom. The number of alkyl halides is 6. The average molecular weight is 306 g/mol. The summed E-state index contributed by atoms with van der Waals surface area (Å²) in [6.45, 7) is 5.46. The monoisotopic (exact) mass is 306 g/mol. The smallest absolute Gasteiger partial charge is 0.370 e. The third kappa shape index (κ3) is 5.00. The van der Waals surface area contributed by atoms with E-state index in [-0.39, 0.29) is 12.5 Å². The fourth-order valence-electron chi connectivity index (χ4n) is 1.66. The van der Waals surface area contributed by atoms with Crippen molar-refractivity contribution in [2.45, 2.75) is 64.4 Å². The molecule has 0 aliphatic heterocycles. The van der Waals surface area contributed by atoms with Crippen LogP contribution in [0.5, 0.6) is 0 Å². The summed E-state index contributed by atoms with van der Waals surface area (Å²) in [5.41, 5.74) is -5.20. The Balaban J connectivity index is 5.00. The number of hydrogen-bond donors (Lipinski definition) is 1. The molecular weight excluding hydrogens is 286 g/mol. The van der Waals surface area contributed by atoms with Gasteiger partial charge in [-0.2, -0.15) is 26.3 Å². The minimum Gasteiger partial charge on any atom is -0.370 e. The van der Waals surface area contributed by atoms with Gasteiger partial charge in [0.2, 0.25) is 0 Å². The lowest BCUT2D eigenvalue weighted by atomic mass is 9.83. The van der Waals surface area contributed by atoms with E-state index in [4.69, 9.17) is 5.11 Å². The van der Waals surface area contributed by atoms with Crippen LogP contribution in [-0.4, -0.2) is 23.1 Å². The molecule has 7 heteroatoms. The lowest BCUT2D eigenvalue weighted by Gasteiger charge is -2.30. The van der Waals surface area contributed by atoms with Crippen LogP contribution in [0.25, 0.3) is 0 Å². The number of hydrogen-bond acceptors (Lipinski definition) is 1. The Labute approximate surface area is 114 Å². The second kappa shape index (κ2) is 6.37. The second-order valence-electron chi connectivity index (χ2n) is 5.64. The molecule has 0 aromatic carbocycles. The molecule has 0 amide bonds. The van der Waals surface area contributed by atoms with Crippen LogP contribution in [0.1, 0.15) is 46.5 Å². The highest BCUT2D eigenvalue weighted by Crippen LogP contribution is 2.44. The van der Waals surface area contributed by atoms with Gasteiger partial charge in [0, 0.05) is 0 Å². The third-order valence-corrected chi connectivity index (χ3v) is 3.10. The van der Waals surface area contributed by atoms with Gasteiger partial charge in [-0.3, -0.25) is 0 Å². The Hall–Kier alpha value is -0.720. The maximum atomic E-state index is 12.4. The number of allylic oxidation sites excluding steroid dienone is 1. The van der Waals surface area contributed by atoms with Crippen molar-refractivity contribution in [1.29, 1.82) is 0 Å². The Bertz CT molecular complexity index is 313. The van der Waals surface area contributed by atoms with E-state index in [0.717, 1.165) is 18.9 Å². The van der Waals surface area contributed by atoms with E-state index in [1.165, 1.54) is 0 Å². The van der Waals surface area contributed by atoms with E-state index >= 15 is 0 Å². The van der Waals surface area contributed by atoms with Gasteiger partial charge in [0.25, 0.3) is 5.60 Å². The Morgan fingerprint density at radius 2 is 1.40 bits per heavy atom. The first kappa shape index (κ1) is 19.3. The van der Waals surface area contributed by atoms with Crippen molar-refractivity contribution >= 4 is 0 Å². The van der Waals surface area contributed by atoms with Crippen molar-refractivity contribution in [3.63, 3.8) is 0 Å². The van der Waals surface area contributed by atoms with Crippen molar-refractivity contribution in [1.82, 2.24) is 0 Å². The number of rotatable bonds is 6. The maximum absolute atomic E-state index is 12.4. The minimum atomic E-state index is -5.80. The molecule has 0 atom stereocenters. The molecule has 1 N–H and O–H groups in total. The van der Waals surface area contributed by atoms with Crippen molar-refractivity contribution in [3.8, 4) is 0 Å². The van der Waals surface area contributed by atoms with Gasteiger partial charge in [-0.25, -0.2) is 0 Å². The highest BCUT2D eigenvalue weighted by molar-refractivity contribution is 5.11. The molecule has 0 aliphatic rings. The topological polar surface area (TPSA) is 20.2 Å². The minimum absolute atomic E-state index is 0.0292. The van der Waals surface area contributed by atoms with Crippen molar-refractivity contribution in [2.24, 2.45) is 5.41 Å². The summed E-state index contributed by atoms with van der Waals surface area (Å²) in [7, 11) is 0. The first-order valence-electron chi connectivity index (χ1n) is 6.30.